The molecule has 0 saturated heterocycles. The van der Waals surface area contributed by atoms with Crippen molar-refractivity contribution in [2.45, 2.75) is 20.1 Å². The standard InChI is InChI=1S/C30H37N3O2/c1-22-10-7-8-13-28(22)29-15-14-26(19-27(29)21-34-5)30(35-6)32-23(2)25-12-9-11-24(18-25)20-33(4)17-16-31-3/h7-15,18-19,31H,2,16-17,20-21H2,1,3-6H3. The van der Waals surface area contributed by atoms with E-state index in [4.69, 9.17) is 14.5 Å². The minimum atomic E-state index is 0.499. The lowest BCUT2D eigenvalue weighted by Gasteiger charge is -2.17. The summed E-state index contributed by atoms with van der Waals surface area (Å²) < 4.78 is 11.2. The molecule has 0 aromatic heterocycles. The smallest absolute Gasteiger partial charge is 0.221 e. The zero-order valence-electron chi connectivity index (χ0n) is 21.6. The lowest BCUT2D eigenvalue weighted by Crippen LogP contribution is -2.26. The van der Waals surface area contributed by atoms with Crippen LogP contribution in [0.25, 0.3) is 16.8 Å². The van der Waals surface area contributed by atoms with Gasteiger partial charge in [-0.1, -0.05) is 55.1 Å². The fourth-order valence-corrected chi connectivity index (χ4v) is 4.10. The topological polar surface area (TPSA) is 46.1 Å². The summed E-state index contributed by atoms with van der Waals surface area (Å²) in [6, 6.07) is 23.0. The summed E-state index contributed by atoms with van der Waals surface area (Å²) in [6.07, 6.45) is 0. The normalized spacial score (nSPS) is 11.7. The van der Waals surface area contributed by atoms with Gasteiger partial charge in [-0.25, -0.2) is 4.99 Å². The lowest BCUT2D eigenvalue weighted by molar-refractivity contribution is 0.185. The molecule has 1 N–H and O–H groups in total. The third-order valence-electron chi connectivity index (χ3n) is 5.97. The Labute approximate surface area is 210 Å². The molecule has 5 heteroatoms. The average Bonchev–Trinajstić information content (AvgIpc) is 2.86. The summed E-state index contributed by atoms with van der Waals surface area (Å²) in [5, 5.41) is 3.19. The number of aryl methyl sites for hydroxylation is 1. The van der Waals surface area contributed by atoms with Crippen molar-refractivity contribution in [3.63, 3.8) is 0 Å². The van der Waals surface area contributed by atoms with Crippen LogP contribution >= 0.6 is 0 Å². The van der Waals surface area contributed by atoms with E-state index in [1.807, 2.05) is 19.2 Å². The predicted octanol–water partition coefficient (Wildman–Crippen LogP) is 5.52. The first kappa shape index (κ1) is 26.4. The van der Waals surface area contributed by atoms with E-state index in [0.29, 0.717) is 18.2 Å². The van der Waals surface area contributed by atoms with Gasteiger partial charge in [-0.2, -0.15) is 0 Å². The van der Waals surface area contributed by atoms with Crippen LogP contribution in [0.1, 0.15) is 27.8 Å². The van der Waals surface area contributed by atoms with E-state index in [1.54, 1.807) is 14.2 Å². The molecule has 0 aliphatic rings. The number of ether oxygens (including phenoxy) is 2. The van der Waals surface area contributed by atoms with E-state index in [0.717, 1.165) is 41.9 Å². The molecular formula is C30H37N3O2. The van der Waals surface area contributed by atoms with Crippen LogP contribution in [0, 0.1) is 6.92 Å². The highest BCUT2D eigenvalue weighted by Gasteiger charge is 2.13. The van der Waals surface area contributed by atoms with Crippen molar-refractivity contribution >= 4 is 11.6 Å². The van der Waals surface area contributed by atoms with Crippen LogP contribution in [0.2, 0.25) is 0 Å². The van der Waals surface area contributed by atoms with Crippen LogP contribution in [0.4, 0.5) is 0 Å². The molecule has 3 aromatic rings. The number of hydrogen-bond donors (Lipinski definition) is 1. The molecule has 0 saturated carbocycles. The quantitative estimate of drug-likeness (QED) is 0.295. The second-order valence-corrected chi connectivity index (χ2v) is 8.73. The number of benzene rings is 3. The van der Waals surface area contributed by atoms with Crippen LogP contribution in [0.3, 0.4) is 0 Å². The second-order valence-electron chi connectivity index (χ2n) is 8.73. The fraction of sp³-hybridized carbons (Fsp3) is 0.300. The molecule has 0 atom stereocenters. The molecule has 5 nitrogen and oxygen atoms in total. The maximum Gasteiger partial charge on any atom is 0.221 e. The molecule has 0 unspecified atom stereocenters. The largest absolute Gasteiger partial charge is 0.481 e. The Hall–Kier alpha value is -3.25. The molecule has 3 aromatic carbocycles. The van der Waals surface area contributed by atoms with E-state index in [9.17, 15) is 0 Å². The molecule has 0 fully saturated rings. The van der Waals surface area contributed by atoms with Gasteiger partial charge in [-0.3, -0.25) is 0 Å². The van der Waals surface area contributed by atoms with Crippen molar-refractivity contribution in [2.75, 3.05) is 41.4 Å². The first-order chi connectivity index (χ1) is 17.0. The summed E-state index contributed by atoms with van der Waals surface area (Å²) in [7, 11) is 7.45. The van der Waals surface area contributed by atoms with E-state index in [1.165, 1.54) is 16.7 Å². The van der Waals surface area contributed by atoms with Crippen molar-refractivity contribution in [2.24, 2.45) is 4.99 Å². The number of nitrogens with one attached hydrogen (secondary N) is 1. The van der Waals surface area contributed by atoms with Gasteiger partial charge in [0.05, 0.1) is 19.4 Å². The van der Waals surface area contributed by atoms with Crippen LogP contribution in [0.5, 0.6) is 0 Å². The number of hydrogen-bond acceptors (Lipinski definition) is 5. The Kier molecular flexibility index (Phi) is 9.79. The van der Waals surface area contributed by atoms with Gasteiger partial charge in [0, 0.05) is 32.3 Å². The Morgan fingerprint density at radius 3 is 2.49 bits per heavy atom. The van der Waals surface area contributed by atoms with Gasteiger partial charge >= 0.3 is 0 Å². The number of rotatable bonds is 11. The molecule has 0 radical (unpaired) electrons. The maximum absolute atomic E-state index is 5.70. The molecule has 184 valence electrons. The van der Waals surface area contributed by atoms with Crippen LogP contribution in [-0.4, -0.2) is 52.2 Å². The number of aliphatic imine (C=N–C) groups is 1. The predicted molar refractivity (Wildman–Crippen MR) is 147 cm³/mol. The van der Waals surface area contributed by atoms with Gasteiger partial charge in [0.1, 0.15) is 0 Å². The maximum atomic E-state index is 5.70. The third kappa shape index (κ3) is 7.12. The number of likely N-dealkylation sites (N-methyl/N-ethyl adjacent to an activating group) is 2. The highest BCUT2D eigenvalue weighted by Crippen LogP contribution is 2.29. The SMILES string of the molecule is C=C(N=C(OC)c1ccc(-c2ccccc2C)c(COC)c1)c1cccc(CN(C)CCNC)c1. The highest BCUT2D eigenvalue weighted by molar-refractivity contribution is 5.98. The van der Waals surface area contributed by atoms with Gasteiger partial charge in [-0.05, 0) is 72.6 Å². The van der Waals surface area contributed by atoms with Crippen molar-refractivity contribution in [1.82, 2.24) is 10.2 Å². The van der Waals surface area contributed by atoms with E-state index >= 15 is 0 Å². The van der Waals surface area contributed by atoms with Crippen molar-refractivity contribution in [3.8, 4) is 11.1 Å². The fourth-order valence-electron chi connectivity index (χ4n) is 4.10. The lowest BCUT2D eigenvalue weighted by atomic mass is 9.94. The molecule has 0 spiro atoms. The summed E-state index contributed by atoms with van der Waals surface area (Å²) in [5.74, 6) is 0.528. The summed E-state index contributed by atoms with van der Waals surface area (Å²) >= 11 is 0. The first-order valence-corrected chi connectivity index (χ1v) is 11.9. The van der Waals surface area contributed by atoms with Gasteiger partial charge in [-0.15, -0.1) is 0 Å². The van der Waals surface area contributed by atoms with Crippen LogP contribution in [0.15, 0.2) is 78.3 Å². The Morgan fingerprint density at radius 2 is 1.77 bits per heavy atom. The van der Waals surface area contributed by atoms with E-state index in [2.05, 4.69) is 85.4 Å². The minimum Gasteiger partial charge on any atom is -0.481 e. The monoisotopic (exact) mass is 471 g/mol. The zero-order valence-corrected chi connectivity index (χ0v) is 21.6. The summed E-state index contributed by atoms with van der Waals surface area (Å²) in [6.45, 7) is 9.65. The Morgan fingerprint density at radius 1 is 0.971 bits per heavy atom. The molecule has 3 rings (SSSR count). The molecule has 0 bridgehead atoms. The van der Waals surface area contributed by atoms with Gasteiger partial charge in [0.25, 0.3) is 0 Å². The third-order valence-corrected chi connectivity index (χ3v) is 5.97. The zero-order chi connectivity index (χ0) is 25.2. The molecule has 0 amide bonds. The first-order valence-electron chi connectivity index (χ1n) is 11.9. The van der Waals surface area contributed by atoms with E-state index in [-0.39, 0.29) is 0 Å². The molecule has 0 heterocycles. The summed E-state index contributed by atoms with van der Waals surface area (Å²) in [5.41, 5.74) is 8.42. The molecular weight excluding hydrogens is 434 g/mol. The van der Waals surface area contributed by atoms with Gasteiger partial charge in [0.2, 0.25) is 5.90 Å². The Bertz CT molecular complexity index is 1170. The Balaban J connectivity index is 1.88. The van der Waals surface area contributed by atoms with Crippen LogP contribution < -0.4 is 5.32 Å². The van der Waals surface area contributed by atoms with Crippen molar-refractivity contribution in [3.05, 3.63) is 101 Å². The van der Waals surface area contributed by atoms with E-state index < -0.39 is 0 Å². The highest BCUT2D eigenvalue weighted by atomic mass is 16.5. The number of methoxy groups -OCH3 is 2. The van der Waals surface area contributed by atoms with Gasteiger partial charge < -0.3 is 19.7 Å². The van der Waals surface area contributed by atoms with Crippen molar-refractivity contribution in [1.29, 1.82) is 0 Å². The average molecular weight is 472 g/mol. The minimum absolute atomic E-state index is 0.499. The van der Waals surface area contributed by atoms with Crippen LogP contribution in [-0.2, 0) is 22.6 Å². The molecule has 35 heavy (non-hydrogen) atoms. The molecule has 0 aliphatic heterocycles. The summed E-state index contributed by atoms with van der Waals surface area (Å²) in [4.78, 5) is 7.05. The second kappa shape index (κ2) is 13.0. The molecule has 0 aliphatic carbocycles. The number of nitrogens with zero attached hydrogens (tertiary/aromatic N) is 2. The van der Waals surface area contributed by atoms with Crippen molar-refractivity contribution < 1.29 is 9.47 Å². The van der Waals surface area contributed by atoms with Gasteiger partial charge in [0.15, 0.2) is 0 Å².